The van der Waals surface area contributed by atoms with E-state index in [0.717, 1.165) is 12.0 Å². The zero-order chi connectivity index (χ0) is 29.1. The van der Waals surface area contributed by atoms with E-state index in [4.69, 9.17) is 18.7 Å². The summed E-state index contributed by atoms with van der Waals surface area (Å²) >= 11 is 0. The minimum absolute atomic E-state index is 0.0209. The van der Waals surface area contributed by atoms with E-state index in [1.165, 1.54) is 16.4 Å². The standard InChI is InChI=1S/C29H37N3O8S/c1-18(2)15-32(41(35,36)21-9-10-26-23(14-21)19(3)31-40-26)16-25(33)24(13-20-7-5-4-6-8-20)30-29(34)39-27-17-38-28-22(27)11-12-37-28/h4-10,14,18,22,24-25,27-28,33H,11-13,15-17H2,1-3H3,(H,30,34)/t22-,24-,25+,27-,28+/m0/s1. The van der Waals surface area contributed by atoms with Gasteiger partial charge in [-0.15, -0.1) is 0 Å². The summed E-state index contributed by atoms with van der Waals surface area (Å²) in [7, 11) is -4.01. The van der Waals surface area contributed by atoms with Crippen LogP contribution in [0.1, 0.15) is 31.5 Å². The number of sulfonamides is 1. The number of carbonyl (C=O) groups is 1. The molecule has 41 heavy (non-hydrogen) atoms. The number of ether oxygens (including phenoxy) is 3. The van der Waals surface area contributed by atoms with Gasteiger partial charge in [0.1, 0.15) is 6.10 Å². The zero-order valence-corrected chi connectivity index (χ0v) is 24.2. The average molecular weight is 588 g/mol. The second kappa shape index (κ2) is 12.5. The molecule has 5 atom stereocenters. The van der Waals surface area contributed by atoms with Gasteiger partial charge < -0.3 is 29.2 Å². The van der Waals surface area contributed by atoms with Gasteiger partial charge in [-0.3, -0.25) is 0 Å². The Balaban J connectivity index is 1.35. The molecule has 11 nitrogen and oxygen atoms in total. The molecule has 2 fully saturated rings. The highest BCUT2D eigenvalue weighted by atomic mass is 32.2. The van der Waals surface area contributed by atoms with Crippen LogP contribution in [0.4, 0.5) is 4.79 Å². The Kier molecular flexibility index (Phi) is 8.95. The maximum atomic E-state index is 13.8. The molecule has 3 aromatic rings. The van der Waals surface area contributed by atoms with Gasteiger partial charge in [-0.1, -0.05) is 49.3 Å². The van der Waals surface area contributed by atoms with Gasteiger partial charge in [-0.05, 0) is 49.4 Å². The van der Waals surface area contributed by atoms with E-state index >= 15 is 0 Å². The number of aryl methyl sites for hydroxylation is 1. The molecule has 2 saturated heterocycles. The van der Waals surface area contributed by atoms with Crippen LogP contribution >= 0.6 is 0 Å². The first-order valence-corrected chi connectivity index (χ1v) is 15.3. The number of carbonyl (C=O) groups excluding carboxylic acids is 1. The van der Waals surface area contributed by atoms with E-state index in [0.29, 0.717) is 23.3 Å². The van der Waals surface area contributed by atoms with Crippen molar-refractivity contribution in [3.8, 4) is 0 Å². The normalized spacial score (nSPS) is 22.2. The number of rotatable bonds is 11. The summed E-state index contributed by atoms with van der Waals surface area (Å²) in [5.41, 5.74) is 1.95. The van der Waals surface area contributed by atoms with Crippen molar-refractivity contribution in [2.75, 3.05) is 26.3 Å². The molecule has 222 valence electrons. The molecule has 2 aliphatic rings. The van der Waals surface area contributed by atoms with E-state index in [1.54, 1.807) is 13.0 Å². The van der Waals surface area contributed by atoms with E-state index in [2.05, 4.69) is 10.5 Å². The first-order valence-electron chi connectivity index (χ1n) is 13.9. The number of aliphatic hydroxyl groups excluding tert-OH is 1. The van der Waals surface area contributed by atoms with Crippen LogP contribution in [0.5, 0.6) is 0 Å². The average Bonchev–Trinajstić information content (AvgIpc) is 3.66. The van der Waals surface area contributed by atoms with Crippen molar-refractivity contribution in [1.29, 1.82) is 0 Å². The number of aliphatic hydroxyl groups is 1. The van der Waals surface area contributed by atoms with E-state index in [9.17, 15) is 18.3 Å². The lowest BCUT2D eigenvalue weighted by molar-refractivity contribution is -0.0907. The largest absolute Gasteiger partial charge is 0.443 e. The second-order valence-electron chi connectivity index (χ2n) is 11.1. The Labute approximate surface area is 239 Å². The third kappa shape index (κ3) is 6.73. The van der Waals surface area contributed by atoms with Gasteiger partial charge >= 0.3 is 6.09 Å². The minimum atomic E-state index is -4.01. The SMILES string of the molecule is Cc1noc2ccc(S(=O)(=O)N(CC(C)C)C[C@@H](O)[C@H](Cc3ccccc3)NC(=O)O[C@H]3CO[C@H]4OCC[C@H]43)cc12. The fourth-order valence-electron chi connectivity index (χ4n) is 5.38. The first-order chi connectivity index (χ1) is 19.6. The van der Waals surface area contributed by atoms with Gasteiger partial charge in [0.2, 0.25) is 10.0 Å². The van der Waals surface area contributed by atoms with Gasteiger partial charge in [0.25, 0.3) is 0 Å². The number of amides is 1. The highest BCUT2D eigenvalue weighted by Gasteiger charge is 2.44. The Morgan fingerprint density at radius 1 is 1.17 bits per heavy atom. The van der Waals surface area contributed by atoms with Crippen molar-refractivity contribution in [2.24, 2.45) is 11.8 Å². The lowest BCUT2D eigenvalue weighted by Crippen LogP contribution is -2.51. The maximum absolute atomic E-state index is 13.8. The van der Waals surface area contributed by atoms with Crippen molar-refractivity contribution in [3.05, 3.63) is 59.8 Å². The minimum Gasteiger partial charge on any atom is -0.443 e. The van der Waals surface area contributed by atoms with Gasteiger partial charge in [-0.2, -0.15) is 4.31 Å². The van der Waals surface area contributed by atoms with Crippen LogP contribution in [0.15, 0.2) is 57.9 Å². The number of hydrogen-bond donors (Lipinski definition) is 2. The predicted octanol–water partition coefficient (Wildman–Crippen LogP) is 3.24. The summed E-state index contributed by atoms with van der Waals surface area (Å²) in [6, 6.07) is 13.2. The zero-order valence-electron chi connectivity index (χ0n) is 23.4. The molecule has 0 bridgehead atoms. The van der Waals surface area contributed by atoms with Crippen molar-refractivity contribution in [2.45, 2.75) is 63.0 Å². The molecule has 0 unspecified atom stereocenters. The van der Waals surface area contributed by atoms with Crippen molar-refractivity contribution >= 4 is 27.1 Å². The van der Waals surface area contributed by atoms with E-state index in [-0.39, 0.29) is 49.1 Å². The second-order valence-corrected chi connectivity index (χ2v) is 13.1. The summed E-state index contributed by atoms with van der Waals surface area (Å²) in [6.07, 6.45) is -1.74. The third-order valence-corrected chi connectivity index (χ3v) is 9.36. The maximum Gasteiger partial charge on any atom is 0.407 e. The number of hydrogen-bond acceptors (Lipinski definition) is 9. The molecule has 1 amide bonds. The summed E-state index contributed by atoms with van der Waals surface area (Å²) in [5.74, 6) is -0.0520. The smallest absolute Gasteiger partial charge is 0.407 e. The Hall–Kier alpha value is -3.03. The quantitative estimate of drug-likeness (QED) is 0.346. The first kappa shape index (κ1) is 29.5. The van der Waals surface area contributed by atoms with Crippen LogP contribution in [0.3, 0.4) is 0 Å². The molecule has 12 heteroatoms. The van der Waals surface area contributed by atoms with Crippen LogP contribution in [0.2, 0.25) is 0 Å². The molecule has 0 aliphatic carbocycles. The van der Waals surface area contributed by atoms with E-state index < -0.39 is 34.4 Å². The topological polar surface area (TPSA) is 140 Å². The van der Waals surface area contributed by atoms with Crippen molar-refractivity contribution < 1.29 is 37.1 Å². The van der Waals surface area contributed by atoms with Crippen LogP contribution in [0.25, 0.3) is 11.0 Å². The molecule has 2 aromatic carbocycles. The summed E-state index contributed by atoms with van der Waals surface area (Å²) in [6.45, 7) is 6.29. The summed E-state index contributed by atoms with van der Waals surface area (Å²) < 4.78 is 51.0. The number of benzene rings is 2. The molecule has 1 aromatic heterocycles. The predicted molar refractivity (Wildman–Crippen MR) is 149 cm³/mol. The molecule has 0 spiro atoms. The molecule has 0 radical (unpaired) electrons. The Morgan fingerprint density at radius 2 is 1.95 bits per heavy atom. The summed E-state index contributed by atoms with van der Waals surface area (Å²) in [5, 5.41) is 18.8. The highest BCUT2D eigenvalue weighted by molar-refractivity contribution is 7.89. The number of nitrogens with zero attached hydrogens (tertiary/aromatic N) is 2. The van der Waals surface area contributed by atoms with Crippen molar-refractivity contribution in [3.63, 3.8) is 0 Å². The van der Waals surface area contributed by atoms with Gasteiger partial charge in [-0.25, -0.2) is 13.2 Å². The fourth-order valence-corrected chi connectivity index (χ4v) is 7.03. The summed E-state index contributed by atoms with van der Waals surface area (Å²) in [4.78, 5) is 13.1. The number of alkyl carbamates (subject to hydrolysis) is 1. The lowest BCUT2D eigenvalue weighted by atomic mass is 10.0. The molecule has 2 aliphatic heterocycles. The van der Waals surface area contributed by atoms with Gasteiger partial charge in [0, 0.05) is 18.5 Å². The van der Waals surface area contributed by atoms with Crippen LogP contribution in [0, 0.1) is 18.8 Å². The van der Waals surface area contributed by atoms with Gasteiger partial charge in [0.15, 0.2) is 11.9 Å². The number of aromatic nitrogens is 1. The highest BCUT2D eigenvalue weighted by Crippen LogP contribution is 2.33. The van der Waals surface area contributed by atoms with Crippen molar-refractivity contribution in [1.82, 2.24) is 14.8 Å². The van der Waals surface area contributed by atoms with E-state index in [1.807, 2.05) is 44.2 Å². The number of fused-ring (bicyclic) bond motifs is 2. The van der Waals surface area contributed by atoms with Gasteiger partial charge in [0.05, 0.1) is 41.9 Å². The molecule has 3 heterocycles. The Bertz CT molecular complexity index is 1440. The van der Waals surface area contributed by atoms with Crippen LogP contribution in [-0.4, -0.2) is 79.9 Å². The molecular weight excluding hydrogens is 550 g/mol. The fraction of sp³-hybridized carbons (Fsp3) is 0.517. The Morgan fingerprint density at radius 3 is 2.71 bits per heavy atom. The lowest BCUT2D eigenvalue weighted by Gasteiger charge is -2.31. The number of nitrogens with one attached hydrogen (secondary N) is 1. The molecule has 5 rings (SSSR count). The molecule has 2 N–H and O–H groups in total. The molecule has 0 saturated carbocycles. The molecular formula is C29H37N3O8S. The third-order valence-electron chi connectivity index (χ3n) is 7.53. The van der Waals surface area contributed by atoms with Crippen LogP contribution < -0.4 is 5.32 Å². The monoisotopic (exact) mass is 587 g/mol. The van der Waals surface area contributed by atoms with Crippen LogP contribution in [-0.2, 0) is 30.7 Å².